The highest BCUT2D eigenvalue weighted by Crippen LogP contribution is 2.60. The van der Waals surface area contributed by atoms with Crippen LogP contribution in [0.4, 0.5) is 0 Å². The molecule has 28 heavy (non-hydrogen) atoms. The van der Waals surface area contributed by atoms with E-state index in [9.17, 15) is 4.79 Å². The van der Waals surface area contributed by atoms with Crippen LogP contribution in [0.25, 0.3) is 0 Å². The van der Waals surface area contributed by atoms with Gasteiger partial charge in [0.1, 0.15) is 8.24 Å². The van der Waals surface area contributed by atoms with Crippen LogP contribution in [0.2, 0.25) is 16.6 Å². The molecule has 4 fully saturated rings. The van der Waals surface area contributed by atoms with Gasteiger partial charge < -0.3 is 9.30 Å². The number of hydrogen-bond acceptors (Lipinski definition) is 4. The third-order valence-electron chi connectivity index (χ3n) is 8.71. The first-order valence-corrected chi connectivity index (χ1v) is 14.5. The molecule has 0 amide bonds. The summed E-state index contributed by atoms with van der Waals surface area (Å²) >= 11 is 0. The van der Waals surface area contributed by atoms with Crippen LogP contribution in [0.1, 0.15) is 89.9 Å². The lowest BCUT2D eigenvalue weighted by atomic mass is 10.3. The minimum absolute atomic E-state index is 0.0528. The minimum Gasteiger partial charge on any atom is -0.469 e. The van der Waals surface area contributed by atoms with Gasteiger partial charge in [-0.3, -0.25) is 9.69 Å². The third-order valence-corrected chi connectivity index (χ3v) is 15.8. The van der Waals surface area contributed by atoms with E-state index in [0.717, 1.165) is 36.4 Å². The number of carbonyl (C=O) groups is 1. The van der Waals surface area contributed by atoms with Gasteiger partial charge in [0.05, 0.1) is 13.5 Å². The second-order valence-corrected chi connectivity index (χ2v) is 14.9. The Morgan fingerprint density at radius 3 is 1.79 bits per heavy atom. The smallest absolute Gasteiger partial charge is 0.306 e. The first-order valence-electron chi connectivity index (χ1n) is 12.3. The number of esters is 1. The molecule has 1 aliphatic heterocycles. The molecule has 5 heteroatoms. The van der Waals surface area contributed by atoms with E-state index < -0.39 is 8.24 Å². The minimum atomic E-state index is -1.53. The molecule has 1 saturated heterocycles. The van der Waals surface area contributed by atoms with Crippen molar-refractivity contribution in [2.24, 2.45) is 0 Å². The van der Waals surface area contributed by atoms with Crippen LogP contribution >= 0.6 is 0 Å². The molecule has 0 aromatic carbocycles. The molecule has 4 aliphatic rings. The average molecular weight is 407 g/mol. The fourth-order valence-corrected chi connectivity index (χ4v) is 16.2. The number of hydrogen-bond donors (Lipinski definition) is 0. The summed E-state index contributed by atoms with van der Waals surface area (Å²) in [5, 5.41) is 0. The van der Waals surface area contributed by atoms with Crippen molar-refractivity contribution in [3.8, 4) is 0 Å². The first kappa shape index (κ1) is 20.9. The van der Waals surface area contributed by atoms with Gasteiger partial charge in [-0.2, -0.15) is 0 Å². The molecule has 0 radical (unpaired) electrons. The SMILES string of the molecule is COC(=O)CCN1CCCN([Si](C2CCCC2)(C2CCCC2)C2CCCC2)C1. The summed E-state index contributed by atoms with van der Waals surface area (Å²) in [6.45, 7) is 4.53. The maximum Gasteiger partial charge on any atom is 0.306 e. The van der Waals surface area contributed by atoms with Gasteiger partial charge in [0.25, 0.3) is 0 Å². The van der Waals surface area contributed by atoms with E-state index >= 15 is 0 Å². The molecule has 160 valence electrons. The Hall–Kier alpha value is -0.393. The molecule has 4 rings (SSSR count). The van der Waals surface area contributed by atoms with Gasteiger partial charge in [-0.15, -0.1) is 0 Å². The van der Waals surface area contributed by atoms with Crippen molar-refractivity contribution < 1.29 is 9.53 Å². The monoisotopic (exact) mass is 406 g/mol. The van der Waals surface area contributed by atoms with Crippen LogP contribution in [0.5, 0.6) is 0 Å². The summed E-state index contributed by atoms with van der Waals surface area (Å²) in [5.41, 5.74) is 3.16. The van der Waals surface area contributed by atoms with E-state index in [4.69, 9.17) is 4.74 Å². The lowest BCUT2D eigenvalue weighted by molar-refractivity contribution is -0.141. The van der Waals surface area contributed by atoms with Gasteiger partial charge in [0, 0.05) is 19.8 Å². The summed E-state index contributed by atoms with van der Waals surface area (Å²) in [6, 6.07) is 0. The molecule has 0 atom stereocenters. The summed E-state index contributed by atoms with van der Waals surface area (Å²) in [4.78, 5) is 14.3. The van der Waals surface area contributed by atoms with E-state index in [1.54, 1.807) is 0 Å². The fourth-order valence-electron chi connectivity index (χ4n) is 7.66. The van der Waals surface area contributed by atoms with Crippen LogP contribution < -0.4 is 0 Å². The van der Waals surface area contributed by atoms with E-state index in [1.807, 2.05) is 0 Å². The lowest BCUT2D eigenvalue weighted by Gasteiger charge is -2.56. The number of carbonyl (C=O) groups excluding carboxylic acids is 1. The Morgan fingerprint density at radius 2 is 1.32 bits per heavy atom. The van der Waals surface area contributed by atoms with Crippen molar-refractivity contribution in [1.29, 1.82) is 0 Å². The first-order chi connectivity index (χ1) is 13.7. The molecule has 0 aromatic rings. The molecule has 0 spiro atoms. The van der Waals surface area contributed by atoms with E-state index in [2.05, 4.69) is 9.47 Å². The molecule has 4 nitrogen and oxygen atoms in total. The Labute approximate surface area is 173 Å². The second kappa shape index (κ2) is 9.61. The standard InChI is InChI=1S/C23H42N2O2Si/c1-27-23(26)15-18-24-16-8-17-25(19-24)28(20-9-2-3-10-20,21-11-4-5-12-21)22-13-6-7-14-22/h20-22H,2-19H2,1H3. The highest BCUT2D eigenvalue weighted by molar-refractivity contribution is 6.81. The van der Waals surface area contributed by atoms with Crippen molar-refractivity contribution in [3.63, 3.8) is 0 Å². The Bertz CT molecular complexity index is 470. The summed E-state index contributed by atoms with van der Waals surface area (Å²) in [6.07, 6.45) is 19.9. The zero-order valence-electron chi connectivity index (χ0n) is 18.2. The fraction of sp³-hybridized carbons (Fsp3) is 0.957. The zero-order chi connectivity index (χ0) is 19.4. The van der Waals surface area contributed by atoms with Crippen molar-refractivity contribution in [2.45, 2.75) is 107 Å². The molecule has 3 aliphatic carbocycles. The van der Waals surface area contributed by atoms with Gasteiger partial charge in [0.2, 0.25) is 0 Å². The molecular formula is C23H42N2O2Si. The van der Waals surface area contributed by atoms with Crippen molar-refractivity contribution in [3.05, 3.63) is 0 Å². The Kier molecular flexibility index (Phi) is 7.16. The largest absolute Gasteiger partial charge is 0.469 e. The molecule has 0 aromatic heterocycles. The molecule has 0 unspecified atom stereocenters. The number of ether oxygens (including phenoxy) is 1. The summed E-state index contributed by atoms with van der Waals surface area (Å²) in [7, 11) is -0.00940. The maximum absolute atomic E-state index is 11.7. The van der Waals surface area contributed by atoms with E-state index in [0.29, 0.717) is 6.42 Å². The predicted molar refractivity (Wildman–Crippen MR) is 117 cm³/mol. The van der Waals surface area contributed by atoms with Gasteiger partial charge in [0.15, 0.2) is 0 Å². The van der Waals surface area contributed by atoms with Gasteiger partial charge >= 0.3 is 5.97 Å². The number of nitrogens with zero attached hydrogens (tertiary/aromatic N) is 2. The summed E-state index contributed by atoms with van der Waals surface area (Å²) in [5.74, 6) is -0.0528. The molecule has 1 heterocycles. The highest BCUT2D eigenvalue weighted by atomic mass is 28.3. The molecular weight excluding hydrogens is 364 g/mol. The van der Waals surface area contributed by atoms with Crippen LogP contribution in [0.15, 0.2) is 0 Å². The molecule has 0 bridgehead atoms. The second-order valence-electron chi connectivity index (χ2n) is 10.0. The van der Waals surface area contributed by atoms with Crippen LogP contribution in [0, 0.1) is 0 Å². The summed E-state index contributed by atoms with van der Waals surface area (Å²) < 4.78 is 8.03. The Balaban J connectivity index is 1.59. The highest BCUT2D eigenvalue weighted by Gasteiger charge is 2.58. The van der Waals surface area contributed by atoms with Crippen LogP contribution in [-0.2, 0) is 9.53 Å². The number of methoxy groups -OCH3 is 1. The average Bonchev–Trinajstić information content (AvgIpc) is 3.51. The van der Waals surface area contributed by atoms with Crippen LogP contribution in [0.3, 0.4) is 0 Å². The maximum atomic E-state index is 11.7. The van der Waals surface area contributed by atoms with Crippen molar-refractivity contribution in [2.75, 3.05) is 33.4 Å². The van der Waals surface area contributed by atoms with Gasteiger partial charge in [-0.25, -0.2) is 0 Å². The normalized spacial score (nSPS) is 27.0. The zero-order valence-corrected chi connectivity index (χ0v) is 19.2. The molecule has 3 saturated carbocycles. The van der Waals surface area contributed by atoms with Crippen LogP contribution in [-0.4, -0.2) is 57.1 Å². The van der Waals surface area contributed by atoms with E-state index in [-0.39, 0.29) is 5.97 Å². The van der Waals surface area contributed by atoms with E-state index in [1.165, 1.54) is 97.1 Å². The third kappa shape index (κ3) is 4.09. The predicted octanol–water partition coefficient (Wildman–Crippen LogP) is 5.29. The van der Waals surface area contributed by atoms with Crippen molar-refractivity contribution >= 4 is 14.2 Å². The lowest BCUT2D eigenvalue weighted by Crippen LogP contribution is -2.66. The topological polar surface area (TPSA) is 32.8 Å². The quantitative estimate of drug-likeness (QED) is 0.425. The van der Waals surface area contributed by atoms with Crippen molar-refractivity contribution in [1.82, 2.24) is 9.47 Å². The van der Waals surface area contributed by atoms with Gasteiger partial charge in [-0.05, 0) is 29.6 Å². The Morgan fingerprint density at radius 1 is 0.821 bits per heavy atom. The number of rotatable bonds is 7. The molecule has 0 N–H and O–H groups in total. The van der Waals surface area contributed by atoms with Gasteiger partial charge in [-0.1, -0.05) is 77.0 Å².